The summed E-state index contributed by atoms with van der Waals surface area (Å²) in [6, 6.07) is 0.808. The van der Waals surface area contributed by atoms with E-state index in [1.807, 2.05) is 20.8 Å². The summed E-state index contributed by atoms with van der Waals surface area (Å²) < 4.78 is 29.0. The van der Waals surface area contributed by atoms with Gasteiger partial charge in [-0.15, -0.1) is 0 Å². The maximum atomic E-state index is 5.87. The minimum absolute atomic E-state index is 0. The van der Waals surface area contributed by atoms with E-state index in [0.29, 0.717) is 39.6 Å². The molecule has 0 atom stereocenters. The second-order valence-corrected chi connectivity index (χ2v) is 11.6. The number of rotatable bonds is 28. The maximum Gasteiger partial charge on any atom is 0.501 e. The van der Waals surface area contributed by atoms with Gasteiger partial charge in [0.2, 0.25) is 0 Å². The number of hydrogen-bond acceptors (Lipinski definition) is 5. The first-order chi connectivity index (χ1) is 16.2. The molecular weight excluding hydrogens is 456 g/mol. The number of hydrogen-bond donors (Lipinski definition) is 0. The highest BCUT2D eigenvalue weighted by molar-refractivity contribution is 6.60. The van der Waals surface area contributed by atoms with E-state index in [0.717, 1.165) is 19.1 Å². The van der Waals surface area contributed by atoms with Crippen LogP contribution in [0.4, 0.5) is 0 Å². The van der Waals surface area contributed by atoms with Gasteiger partial charge in [-0.25, -0.2) is 0 Å². The Morgan fingerprint density at radius 1 is 0.400 bits per heavy atom. The molecule has 0 saturated heterocycles. The van der Waals surface area contributed by atoms with Gasteiger partial charge in [-0.3, -0.25) is 0 Å². The Labute approximate surface area is 222 Å². The van der Waals surface area contributed by atoms with Gasteiger partial charge >= 0.3 is 8.80 Å². The molecule has 0 aliphatic rings. The third kappa shape index (κ3) is 26.9. The summed E-state index contributed by atoms with van der Waals surface area (Å²) in [4.78, 5) is 0. The minimum Gasteiger partial charge on any atom is -0.379 e. The zero-order valence-electron chi connectivity index (χ0n) is 22.8. The first kappa shape index (κ1) is 39.5. The minimum atomic E-state index is -2.52. The van der Waals surface area contributed by atoms with Crippen molar-refractivity contribution >= 4 is 8.80 Å². The molecule has 0 radical (unpaired) electrons. The molecular formula is C29H66O5Si. The quantitative estimate of drug-likeness (QED) is 0.0757. The maximum absolute atomic E-state index is 5.87. The summed E-state index contributed by atoms with van der Waals surface area (Å²) in [6.07, 6.45) is 20.3. The molecule has 0 bridgehead atoms. The first-order valence-corrected chi connectivity index (χ1v) is 16.2. The van der Waals surface area contributed by atoms with Crippen molar-refractivity contribution in [1.29, 1.82) is 0 Å². The smallest absolute Gasteiger partial charge is 0.379 e. The van der Waals surface area contributed by atoms with Crippen molar-refractivity contribution in [1.82, 2.24) is 0 Å². The first-order valence-electron chi connectivity index (χ1n) is 14.3. The molecule has 0 fully saturated rings. The van der Waals surface area contributed by atoms with E-state index in [1.165, 1.54) is 89.9 Å². The zero-order chi connectivity index (χ0) is 24.3. The van der Waals surface area contributed by atoms with Crippen molar-refractivity contribution in [2.24, 2.45) is 0 Å². The predicted molar refractivity (Wildman–Crippen MR) is 155 cm³/mol. The van der Waals surface area contributed by atoms with E-state index >= 15 is 0 Å². The molecule has 0 aliphatic carbocycles. The summed E-state index contributed by atoms with van der Waals surface area (Å²) in [5, 5.41) is 0. The molecule has 0 unspecified atom stereocenters. The highest BCUT2D eigenvalue weighted by atomic mass is 28.4. The lowest BCUT2D eigenvalue weighted by Gasteiger charge is -2.28. The van der Waals surface area contributed by atoms with Crippen LogP contribution in [0.15, 0.2) is 0 Å². The van der Waals surface area contributed by atoms with Crippen LogP contribution in [0.3, 0.4) is 0 Å². The van der Waals surface area contributed by atoms with Crippen LogP contribution >= 0.6 is 0 Å². The standard InChI is InChI=1S/C27H58O5Si.2CH4/c1-5-9-10-11-12-13-14-15-16-17-18-19-20-21-23-28-25-26-29-24-22-27-33(30-6-2,31-7-3)32-8-4;;/h5-27H2,1-4H3;2*1H4. The van der Waals surface area contributed by atoms with E-state index in [2.05, 4.69) is 6.92 Å². The molecule has 0 aromatic heterocycles. The van der Waals surface area contributed by atoms with Crippen molar-refractivity contribution in [3.8, 4) is 0 Å². The summed E-state index contributed by atoms with van der Waals surface area (Å²) in [5.41, 5.74) is 0. The van der Waals surface area contributed by atoms with Crippen molar-refractivity contribution in [2.75, 3.05) is 46.2 Å². The molecule has 0 amide bonds. The van der Waals surface area contributed by atoms with Crippen LogP contribution in [-0.2, 0) is 22.8 Å². The van der Waals surface area contributed by atoms with Crippen LogP contribution in [0.1, 0.15) is 139 Å². The molecule has 5 nitrogen and oxygen atoms in total. The highest BCUT2D eigenvalue weighted by Crippen LogP contribution is 2.18. The van der Waals surface area contributed by atoms with E-state index in [1.54, 1.807) is 0 Å². The van der Waals surface area contributed by atoms with Crippen molar-refractivity contribution in [3.63, 3.8) is 0 Å². The summed E-state index contributed by atoms with van der Waals surface area (Å²) >= 11 is 0. The van der Waals surface area contributed by atoms with Crippen LogP contribution in [-0.4, -0.2) is 55.1 Å². The highest BCUT2D eigenvalue weighted by Gasteiger charge is 2.39. The molecule has 0 saturated carbocycles. The average Bonchev–Trinajstić information content (AvgIpc) is 2.80. The Balaban J connectivity index is -0.00000512. The molecule has 0 heterocycles. The molecule has 0 N–H and O–H groups in total. The van der Waals surface area contributed by atoms with Gasteiger partial charge in [-0.1, -0.05) is 105 Å². The summed E-state index contributed by atoms with van der Waals surface area (Å²) in [7, 11) is -2.52. The molecule has 0 aromatic carbocycles. The Morgan fingerprint density at radius 3 is 1.11 bits per heavy atom. The Hall–Kier alpha value is 0.0169. The van der Waals surface area contributed by atoms with E-state index in [4.69, 9.17) is 22.8 Å². The Bertz CT molecular complexity index is 354. The molecule has 6 heteroatoms. The molecule has 0 aliphatic heterocycles. The Kier molecular flexibility index (Phi) is 36.2. The van der Waals surface area contributed by atoms with Gasteiger partial charge in [0, 0.05) is 39.1 Å². The molecule has 0 spiro atoms. The third-order valence-electron chi connectivity index (χ3n) is 5.88. The molecule has 0 rings (SSSR count). The van der Waals surface area contributed by atoms with Crippen molar-refractivity contribution < 1.29 is 22.8 Å². The molecule has 0 aromatic rings. The van der Waals surface area contributed by atoms with E-state index in [9.17, 15) is 0 Å². The van der Waals surface area contributed by atoms with Crippen LogP contribution in [0.2, 0.25) is 6.04 Å². The van der Waals surface area contributed by atoms with E-state index < -0.39 is 8.80 Å². The van der Waals surface area contributed by atoms with Gasteiger partial charge < -0.3 is 22.8 Å². The largest absolute Gasteiger partial charge is 0.501 e. The van der Waals surface area contributed by atoms with Gasteiger partial charge in [0.1, 0.15) is 0 Å². The van der Waals surface area contributed by atoms with Crippen molar-refractivity contribution in [2.45, 2.75) is 145 Å². The lowest BCUT2D eigenvalue weighted by atomic mass is 10.0. The summed E-state index contributed by atoms with van der Waals surface area (Å²) in [5.74, 6) is 0. The average molecular weight is 523 g/mol. The van der Waals surface area contributed by atoms with Crippen LogP contribution < -0.4 is 0 Å². The topological polar surface area (TPSA) is 46.2 Å². The van der Waals surface area contributed by atoms with Gasteiger partial charge in [0.05, 0.1) is 13.2 Å². The molecule has 35 heavy (non-hydrogen) atoms. The monoisotopic (exact) mass is 522 g/mol. The predicted octanol–water partition coefficient (Wildman–Crippen LogP) is 9.21. The molecule has 216 valence electrons. The second-order valence-electron chi connectivity index (χ2n) is 8.91. The second kappa shape index (κ2) is 32.0. The normalized spacial score (nSPS) is 11.3. The van der Waals surface area contributed by atoms with Crippen LogP contribution in [0, 0.1) is 0 Å². The fraction of sp³-hybridized carbons (Fsp3) is 1.00. The van der Waals surface area contributed by atoms with E-state index in [-0.39, 0.29) is 14.9 Å². The number of unbranched alkanes of at least 4 members (excludes halogenated alkanes) is 13. The third-order valence-corrected chi connectivity index (χ3v) is 9.03. The van der Waals surface area contributed by atoms with Gasteiger partial charge in [0.25, 0.3) is 0 Å². The lowest BCUT2D eigenvalue weighted by Crippen LogP contribution is -2.46. The van der Waals surface area contributed by atoms with Gasteiger partial charge in [-0.05, 0) is 33.6 Å². The van der Waals surface area contributed by atoms with Gasteiger partial charge in [0.15, 0.2) is 0 Å². The fourth-order valence-electron chi connectivity index (χ4n) is 4.11. The lowest BCUT2D eigenvalue weighted by molar-refractivity contribution is 0.0411. The Morgan fingerprint density at radius 2 is 0.743 bits per heavy atom. The van der Waals surface area contributed by atoms with Crippen LogP contribution in [0.5, 0.6) is 0 Å². The zero-order valence-corrected chi connectivity index (χ0v) is 23.8. The fourth-order valence-corrected chi connectivity index (χ4v) is 6.69. The number of ether oxygens (including phenoxy) is 2. The van der Waals surface area contributed by atoms with Crippen molar-refractivity contribution in [3.05, 3.63) is 0 Å². The van der Waals surface area contributed by atoms with Gasteiger partial charge in [-0.2, -0.15) is 0 Å². The van der Waals surface area contributed by atoms with Crippen LogP contribution in [0.25, 0.3) is 0 Å². The SMILES string of the molecule is C.C.CCCCCCCCCCCCCCCCOCCOCCC[Si](OCC)(OCC)OCC. The summed E-state index contributed by atoms with van der Waals surface area (Å²) in [6.45, 7) is 13.0.